The lowest BCUT2D eigenvalue weighted by molar-refractivity contribution is -0.147. The molecule has 1 aliphatic heterocycles. The third-order valence-electron chi connectivity index (χ3n) is 1.34. The molecule has 56 valence electrons. The molecular weight excluding hydrogens is 132 g/mol. The van der Waals surface area contributed by atoms with E-state index in [0.717, 1.165) is 0 Å². The number of hydrogen-bond acceptors (Lipinski definition) is 3. The number of esters is 1. The van der Waals surface area contributed by atoms with Crippen molar-refractivity contribution < 1.29 is 14.3 Å². The van der Waals surface area contributed by atoms with Gasteiger partial charge in [0.1, 0.15) is 6.61 Å². The van der Waals surface area contributed by atoms with Gasteiger partial charge in [0.2, 0.25) is 0 Å². The minimum absolute atomic E-state index is 0.262. The van der Waals surface area contributed by atoms with E-state index in [2.05, 4.69) is 6.58 Å². The van der Waals surface area contributed by atoms with Gasteiger partial charge >= 0.3 is 5.97 Å². The van der Waals surface area contributed by atoms with Gasteiger partial charge in [0.25, 0.3) is 0 Å². The minimum atomic E-state index is -0.650. The molecule has 0 aliphatic carbocycles. The third-order valence-corrected chi connectivity index (χ3v) is 1.34. The quantitative estimate of drug-likeness (QED) is 0.327. The number of carbonyl (C=O) groups excluding carboxylic acids is 1. The van der Waals surface area contributed by atoms with Crippen LogP contribution in [0.1, 0.15) is 6.92 Å². The van der Waals surface area contributed by atoms with Crippen molar-refractivity contribution in [2.75, 3.05) is 13.2 Å². The molecule has 0 saturated carbocycles. The lowest BCUT2D eigenvalue weighted by Crippen LogP contribution is -2.23. The standard InChI is InChI=1S/C7H10O3/c1-3-4-9-6(8)7(2)5-10-7/h3H,1,4-5H2,2H3. The second kappa shape index (κ2) is 2.42. The summed E-state index contributed by atoms with van der Waals surface area (Å²) in [5.41, 5.74) is -0.650. The highest BCUT2D eigenvalue weighted by atomic mass is 16.6. The number of carbonyl (C=O) groups is 1. The van der Waals surface area contributed by atoms with Crippen molar-refractivity contribution in [2.45, 2.75) is 12.5 Å². The summed E-state index contributed by atoms with van der Waals surface area (Å²) in [6.45, 7) is 5.86. The Bertz CT molecular complexity index is 158. The summed E-state index contributed by atoms with van der Waals surface area (Å²) in [4.78, 5) is 10.9. The van der Waals surface area contributed by atoms with E-state index in [1.165, 1.54) is 6.08 Å². The molecular formula is C7H10O3. The summed E-state index contributed by atoms with van der Waals surface area (Å²) in [6.07, 6.45) is 1.53. The highest BCUT2D eigenvalue weighted by molar-refractivity contribution is 5.81. The van der Waals surface area contributed by atoms with Crippen LogP contribution in [0.3, 0.4) is 0 Å². The van der Waals surface area contributed by atoms with E-state index in [9.17, 15) is 4.79 Å². The Labute approximate surface area is 59.6 Å². The van der Waals surface area contributed by atoms with Gasteiger partial charge in [0.15, 0.2) is 5.60 Å². The minimum Gasteiger partial charge on any atom is -0.459 e. The van der Waals surface area contributed by atoms with Crippen molar-refractivity contribution in [2.24, 2.45) is 0 Å². The average molecular weight is 142 g/mol. The highest BCUT2D eigenvalue weighted by Crippen LogP contribution is 2.26. The van der Waals surface area contributed by atoms with Crippen LogP contribution in [0.5, 0.6) is 0 Å². The monoisotopic (exact) mass is 142 g/mol. The lowest BCUT2D eigenvalue weighted by atomic mass is 10.2. The predicted molar refractivity (Wildman–Crippen MR) is 35.5 cm³/mol. The topological polar surface area (TPSA) is 38.8 Å². The Hall–Kier alpha value is -0.830. The van der Waals surface area contributed by atoms with Gasteiger partial charge in [-0.25, -0.2) is 4.79 Å². The molecule has 0 aromatic heterocycles. The van der Waals surface area contributed by atoms with Gasteiger partial charge in [-0.1, -0.05) is 12.7 Å². The first-order chi connectivity index (χ1) is 4.69. The Morgan fingerprint density at radius 3 is 3.00 bits per heavy atom. The second-order valence-electron chi connectivity index (χ2n) is 2.41. The van der Waals surface area contributed by atoms with Crippen molar-refractivity contribution in [3.63, 3.8) is 0 Å². The first kappa shape index (κ1) is 7.28. The van der Waals surface area contributed by atoms with Crippen LogP contribution >= 0.6 is 0 Å². The van der Waals surface area contributed by atoms with Gasteiger partial charge in [-0.3, -0.25) is 0 Å². The van der Waals surface area contributed by atoms with E-state index in [4.69, 9.17) is 9.47 Å². The molecule has 1 saturated heterocycles. The molecule has 0 N–H and O–H groups in total. The first-order valence-corrected chi connectivity index (χ1v) is 3.11. The van der Waals surface area contributed by atoms with Crippen molar-refractivity contribution in [3.8, 4) is 0 Å². The molecule has 10 heavy (non-hydrogen) atoms. The summed E-state index contributed by atoms with van der Waals surface area (Å²) in [5, 5.41) is 0. The fourth-order valence-electron chi connectivity index (χ4n) is 0.513. The number of epoxide rings is 1. The van der Waals surface area contributed by atoms with Crippen LogP contribution < -0.4 is 0 Å². The fraction of sp³-hybridized carbons (Fsp3) is 0.571. The molecule has 0 radical (unpaired) electrons. The SMILES string of the molecule is C=CCOC(=O)C1(C)CO1. The molecule has 0 aromatic rings. The molecule has 1 rings (SSSR count). The lowest BCUT2D eigenvalue weighted by Gasteiger charge is -2.02. The van der Waals surface area contributed by atoms with E-state index in [-0.39, 0.29) is 12.6 Å². The maximum absolute atomic E-state index is 10.9. The second-order valence-corrected chi connectivity index (χ2v) is 2.41. The summed E-state index contributed by atoms with van der Waals surface area (Å²) >= 11 is 0. The molecule has 1 heterocycles. The summed E-state index contributed by atoms with van der Waals surface area (Å²) in [7, 11) is 0. The highest BCUT2D eigenvalue weighted by Gasteiger charge is 2.48. The summed E-state index contributed by atoms with van der Waals surface area (Å²) in [6, 6.07) is 0. The average Bonchev–Trinajstić information content (AvgIpc) is 2.64. The normalized spacial score (nSPS) is 29.3. The Kier molecular flexibility index (Phi) is 1.76. The van der Waals surface area contributed by atoms with E-state index >= 15 is 0 Å². The van der Waals surface area contributed by atoms with Crippen molar-refractivity contribution >= 4 is 5.97 Å². The zero-order valence-electron chi connectivity index (χ0n) is 5.92. The van der Waals surface area contributed by atoms with Crippen LogP contribution in [0.4, 0.5) is 0 Å². The number of ether oxygens (including phenoxy) is 2. The molecule has 0 bridgehead atoms. The Morgan fingerprint density at radius 1 is 2.00 bits per heavy atom. The predicted octanol–water partition coefficient (Wildman–Crippen LogP) is 0.504. The Morgan fingerprint density at radius 2 is 2.60 bits per heavy atom. The summed E-state index contributed by atoms with van der Waals surface area (Å²) < 4.78 is 9.58. The van der Waals surface area contributed by atoms with Crippen LogP contribution in [0.15, 0.2) is 12.7 Å². The van der Waals surface area contributed by atoms with Gasteiger partial charge < -0.3 is 9.47 Å². The fourth-order valence-corrected chi connectivity index (χ4v) is 0.513. The van der Waals surface area contributed by atoms with E-state index in [1.807, 2.05) is 0 Å². The van der Waals surface area contributed by atoms with Crippen molar-refractivity contribution in [1.29, 1.82) is 0 Å². The first-order valence-electron chi connectivity index (χ1n) is 3.11. The van der Waals surface area contributed by atoms with Crippen LogP contribution in [-0.4, -0.2) is 24.8 Å². The molecule has 1 atom stereocenters. The van der Waals surface area contributed by atoms with Crippen LogP contribution in [0, 0.1) is 0 Å². The van der Waals surface area contributed by atoms with E-state index in [0.29, 0.717) is 6.61 Å². The maximum atomic E-state index is 10.9. The molecule has 0 amide bonds. The van der Waals surface area contributed by atoms with Crippen LogP contribution in [0.2, 0.25) is 0 Å². The maximum Gasteiger partial charge on any atom is 0.340 e. The third kappa shape index (κ3) is 1.36. The molecule has 3 nitrogen and oxygen atoms in total. The molecule has 3 heteroatoms. The zero-order chi connectivity index (χ0) is 7.61. The van der Waals surface area contributed by atoms with Crippen molar-refractivity contribution in [1.82, 2.24) is 0 Å². The van der Waals surface area contributed by atoms with Crippen molar-refractivity contribution in [3.05, 3.63) is 12.7 Å². The number of hydrogen-bond donors (Lipinski definition) is 0. The van der Waals surface area contributed by atoms with Gasteiger partial charge in [-0.2, -0.15) is 0 Å². The smallest absolute Gasteiger partial charge is 0.340 e. The van der Waals surface area contributed by atoms with Gasteiger partial charge in [0, 0.05) is 0 Å². The van der Waals surface area contributed by atoms with Crippen LogP contribution in [-0.2, 0) is 14.3 Å². The molecule has 0 aromatic carbocycles. The van der Waals surface area contributed by atoms with E-state index in [1.54, 1.807) is 6.92 Å². The number of rotatable bonds is 3. The van der Waals surface area contributed by atoms with Crippen LogP contribution in [0.25, 0.3) is 0 Å². The van der Waals surface area contributed by atoms with Gasteiger partial charge in [0.05, 0.1) is 6.61 Å². The molecule has 1 unspecified atom stereocenters. The zero-order valence-corrected chi connectivity index (χ0v) is 5.92. The molecule has 0 spiro atoms. The van der Waals surface area contributed by atoms with Gasteiger partial charge in [-0.15, -0.1) is 0 Å². The largest absolute Gasteiger partial charge is 0.459 e. The Balaban J connectivity index is 2.28. The molecule has 1 aliphatic rings. The molecule has 1 fully saturated rings. The van der Waals surface area contributed by atoms with E-state index < -0.39 is 5.60 Å². The summed E-state index contributed by atoms with van der Waals surface area (Å²) in [5.74, 6) is -0.299. The van der Waals surface area contributed by atoms with Gasteiger partial charge in [-0.05, 0) is 6.92 Å².